The highest BCUT2D eigenvalue weighted by atomic mass is 16.5. The molecule has 11 heteroatoms. The summed E-state index contributed by atoms with van der Waals surface area (Å²) in [5.74, 6) is 1.50. The Bertz CT molecular complexity index is 1240. The van der Waals surface area contributed by atoms with E-state index in [4.69, 9.17) is 15.5 Å². The Kier molecular flexibility index (Phi) is 4.62. The van der Waals surface area contributed by atoms with Crippen LogP contribution >= 0.6 is 0 Å². The van der Waals surface area contributed by atoms with Crippen LogP contribution in [0.5, 0.6) is 0 Å². The van der Waals surface area contributed by atoms with Gasteiger partial charge < -0.3 is 25.7 Å². The van der Waals surface area contributed by atoms with Gasteiger partial charge in [0.1, 0.15) is 11.5 Å². The summed E-state index contributed by atoms with van der Waals surface area (Å²) in [7, 11) is 0. The number of nitrogens with one attached hydrogen (secondary N) is 3. The highest BCUT2D eigenvalue weighted by Crippen LogP contribution is 2.29. The van der Waals surface area contributed by atoms with Crippen LogP contribution in [0, 0.1) is 0 Å². The summed E-state index contributed by atoms with van der Waals surface area (Å²) in [5.41, 5.74) is 10.3. The number of anilines is 4. The summed E-state index contributed by atoms with van der Waals surface area (Å²) in [6.45, 7) is 5.91. The van der Waals surface area contributed by atoms with Crippen LogP contribution < -0.4 is 16.0 Å². The largest absolute Gasteiger partial charge is 0.378 e. The molecule has 0 aliphatic carbocycles. The normalized spacial score (nSPS) is 17.6. The van der Waals surface area contributed by atoms with Crippen molar-refractivity contribution < 1.29 is 4.74 Å². The van der Waals surface area contributed by atoms with Gasteiger partial charge in [-0.25, -0.2) is 9.97 Å². The third-order valence-corrected chi connectivity index (χ3v) is 6.09. The fourth-order valence-corrected chi connectivity index (χ4v) is 4.23. The monoisotopic (exact) mass is 432 g/mol. The molecule has 5 N–H and O–H groups in total. The molecule has 0 spiro atoms. The van der Waals surface area contributed by atoms with Crippen molar-refractivity contribution in [3.05, 3.63) is 36.7 Å². The van der Waals surface area contributed by atoms with E-state index in [9.17, 15) is 0 Å². The van der Waals surface area contributed by atoms with Crippen LogP contribution in [-0.4, -0.2) is 80.5 Å². The first-order valence-corrected chi connectivity index (χ1v) is 10.7. The Morgan fingerprint density at radius 2 is 1.97 bits per heavy atom. The summed E-state index contributed by atoms with van der Waals surface area (Å²) in [6.07, 6.45) is 3.30. The van der Waals surface area contributed by atoms with Crippen molar-refractivity contribution in [3.8, 4) is 11.5 Å². The van der Waals surface area contributed by atoms with Crippen LogP contribution in [0.4, 0.5) is 23.1 Å². The SMILES string of the molecule is Nc1nccc(Nc2cn[nH]c2-c2nc3ccc(N4CCN(C5COC5)CC4)cc3[nH]2)n1. The zero-order chi connectivity index (χ0) is 21.5. The van der Waals surface area contributed by atoms with Gasteiger partial charge in [-0.2, -0.15) is 10.1 Å². The number of fused-ring (bicyclic) bond motifs is 1. The lowest BCUT2D eigenvalue weighted by molar-refractivity contribution is -0.0660. The number of ether oxygens (including phenoxy) is 1. The zero-order valence-corrected chi connectivity index (χ0v) is 17.5. The number of nitrogens with two attached hydrogens (primary N) is 1. The number of H-pyrrole nitrogens is 2. The molecule has 0 bridgehead atoms. The average Bonchev–Trinajstić information content (AvgIpc) is 3.39. The molecule has 2 aliphatic rings. The Balaban J connectivity index is 1.22. The maximum absolute atomic E-state index is 5.68. The molecular weight excluding hydrogens is 408 g/mol. The minimum Gasteiger partial charge on any atom is -0.378 e. The van der Waals surface area contributed by atoms with E-state index < -0.39 is 0 Å². The molecule has 0 atom stereocenters. The van der Waals surface area contributed by atoms with Crippen molar-refractivity contribution in [1.82, 2.24) is 35.0 Å². The topological polar surface area (TPSA) is 137 Å². The van der Waals surface area contributed by atoms with Gasteiger partial charge in [0.2, 0.25) is 5.95 Å². The van der Waals surface area contributed by atoms with E-state index >= 15 is 0 Å². The van der Waals surface area contributed by atoms with Gasteiger partial charge in [0.05, 0.1) is 42.2 Å². The second kappa shape index (κ2) is 7.77. The van der Waals surface area contributed by atoms with E-state index in [0.717, 1.165) is 61.8 Å². The number of rotatable bonds is 5. The summed E-state index contributed by atoms with van der Waals surface area (Å²) in [4.78, 5) is 21.2. The molecule has 5 heterocycles. The average molecular weight is 432 g/mol. The second-order valence-electron chi connectivity index (χ2n) is 8.08. The minimum absolute atomic E-state index is 0.207. The van der Waals surface area contributed by atoms with Crippen LogP contribution in [0.3, 0.4) is 0 Å². The Morgan fingerprint density at radius 3 is 2.75 bits per heavy atom. The van der Waals surface area contributed by atoms with Crippen molar-refractivity contribution in [2.24, 2.45) is 0 Å². The first-order valence-electron chi connectivity index (χ1n) is 10.7. The summed E-state index contributed by atoms with van der Waals surface area (Å²) in [5, 5.41) is 10.4. The highest BCUT2D eigenvalue weighted by Gasteiger charge is 2.29. The molecule has 0 saturated carbocycles. The van der Waals surface area contributed by atoms with Crippen LogP contribution in [0.2, 0.25) is 0 Å². The van der Waals surface area contributed by atoms with Crippen molar-refractivity contribution in [1.29, 1.82) is 0 Å². The quantitative estimate of drug-likeness (QED) is 0.370. The van der Waals surface area contributed by atoms with Gasteiger partial charge in [0.25, 0.3) is 0 Å². The molecule has 4 aromatic rings. The zero-order valence-electron chi connectivity index (χ0n) is 17.5. The maximum Gasteiger partial charge on any atom is 0.221 e. The number of piperazine rings is 1. The number of benzene rings is 1. The minimum atomic E-state index is 0.207. The number of imidazole rings is 1. The molecule has 11 nitrogen and oxygen atoms in total. The smallest absolute Gasteiger partial charge is 0.221 e. The first kappa shape index (κ1) is 19.0. The van der Waals surface area contributed by atoms with Crippen LogP contribution in [0.1, 0.15) is 0 Å². The molecule has 2 fully saturated rings. The number of nitrogen functional groups attached to an aromatic ring is 1. The van der Waals surface area contributed by atoms with Gasteiger partial charge in [-0.3, -0.25) is 10.00 Å². The van der Waals surface area contributed by atoms with Crippen molar-refractivity contribution in [3.63, 3.8) is 0 Å². The van der Waals surface area contributed by atoms with Gasteiger partial charge in [-0.15, -0.1) is 0 Å². The van der Waals surface area contributed by atoms with Crippen LogP contribution in [-0.2, 0) is 4.74 Å². The third-order valence-electron chi connectivity index (χ3n) is 6.09. The Morgan fingerprint density at radius 1 is 1.09 bits per heavy atom. The summed E-state index contributed by atoms with van der Waals surface area (Å²) >= 11 is 0. The molecule has 2 saturated heterocycles. The van der Waals surface area contributed by atoms with Crippen molar-refractivity contribution in [2.75, 3.05) is 55.3 Å². The molecule has 3 aromatic heterocycles. The van der Waals surface area contributed by atoms with Crippen LogP contribution in [0.15, 0.2) is 36.7 Å². The standard InChI is InChI=1S/C21H24N10O/c22-21-23-4-3-18(28-21)25-17-10-24-29-19(17)20-26-15-2-1-13(9-16(15)27-20)30-5-7-31(8-6-30)14-11-32-12-14/h1-4,9-10,14H,5-8,11-12H2,(H,24,29)(H,26,27)(H3,22,23,25,28). The molecule has 164 valence electrons. The fourth-order valence-electron chi connectivity index (χ4n) is 4.23. The van der Waals surface area contributed by atoms with Crippen molar-refractivity contribution in [2.45, 2.75) is 6.04 Å². The van der Waals surface area contributed by atoms with Crippen LogP contribution in [0.25, 0.3) is 22.6 Å². The lowest BCUT2D eigenvalue weighted by Crippen LogP contribution is -2.56. The van der Waals surface area contributed by atoms with E-state index in [-0.39, 0.29) is 5.95 Å². The van der Waals surface area contributed by atoms with E-state index in [2.05, 4.69) is 58.5 Å². The lowest BCUT2D eigenvalue weighted by Gasteiger charge is -2.43. The molecule has 0 unspecified atom stereocenters. The van der Waals surface area contributed by atoms with E-state index in [0.29, 0.717) is 17.7 Å². The maximum atomic E-state index is 5.68. The number of hydrogen-bond donors (Lipinski definition) is 4. The number of nitrogens with zero attached hydrogens (tertiary/aromatic N) is 6. The van der Waals surface area contributed by atoms with Gasteiger partial charge in [0, 0.05) is 38.1 Å². The number of aromatic amines is 2. The van der Waals surface area contributed by atoms with E-state index in [1.54, 1.807) is 18.5 Å². The number of aromatic nitrogens is 6. The lowest BCUT2D eigenvalue weighted by atomic mass is 10.1. The molecule has 0 amide bonds. The summed E-state index contributed by atoms with van der Waals surface area (Å²) in [6, 6.07) is 8.72. The molecule has 6 rings (SSSR count). The predicted octanol–water partition coefficient (Wildman–Crippen LogP) is 1.59. The van der Waals surface area contributed by atoms with Crippen molar-refractivity contribution >= 4 is 34.2 Å². The Hall–Kier alpha value is -3.70. The third kappa shape index (κ3) is 3.51. The Labute approximate surface area is 184 Å². The van der Waals surface area contributed by atoms with Gasteiger partial charge >= 0.3 is 0 Å². The second-order valence-corrected chi connectivity index (χ2v) is 8.08. The first-order chi connectivity index (χ1) is 15.7. The molecule has 32 heavy (non-hydrogen) atoms. The van der Waals surface area contributed by atoms with E-state index in [1.165, 1.54) is 5.69 Å². The molecule has 1 aromatic carbocycles. The van der Waals surface area contributed by atoms with E-state index in [1.807, 2.05) is 0 Å². The molecule has 0 radical (unpaired) electrons. The fraction of sp³-hybridized carbons (Fsp3) is 0.333. The van der Waals surface area contributed by atoms with Gasteiger partial charge in [-0.1, -0.05) is 0 Å². The van der Waals surface area contributed by atoms with Gasteiger partial charge in [-0.05, 0) is 24.3 Å². The predicted molar refractivity (Wildman–Crippen MR) is 122 cm³/mol. The summed E-state index contributed by atoms with van der Waals surface area (Å²) < 4.78 is 5.34. The highest BCUT2D eigenvalue weighted by molar-refractivity contribution is 5.84. The number of hydrogen-bond acceptors (Lipinski definition) is 9. The molecular formula is C21H24N10O. The van der Waals surface area contributed by atoms with Gasteiger partial charge in [0.15, 0.2) is 5.82 Å². The molecule has 2 aliphatic heterocycles.